The lowest BCUT2D eigenvalue weighted by molar-refractivity contribution is 0.400. The van der Waals surface area contributed by atoms with Gasteiger partial charge in [0.25, 0.3) is 10.0 Å². The average Bonchev–Trinajstić information content (AvgIpc) is 2.78. The summed E-state index contributed by atoms with van der Waals surface area (Å²) >= 11 is 0. The molecule has 2 rings (SSSR count). The van der Waals surface area contributed by atoms with Crippen molar-refractivity contribution in [2.24, 2.45) is 0 Å². The number of nitrogens with one attached hydrogen (secondary N) is 1. The summed E-state index contributed by atoms with van der Waals surface area (Å²) in [6, 6.07) is 3.24. The number of nitrogens with zero attached hydrogens (tertiary/aromatic N) is 1. The molecule has 0 aliphatic carbocycles. The maximum absolute atomic E-state index is 12.6. The third-order valence-electron chi connectivity index (χ3n) is 3.33. The molecule has 0 bridgehead atoms. The lowest BCUT2D eigenvalue weighted by Gasteiger charge is -2.16. The fraction of sp³-hybridized carbons (Fsp3) is 0.357. The third-order valence-corrected chi connectivity index (χ3v) is 4.98. The third kappa shape index (κ3) is 2.87. The first kappa shape index (κ1) is 15.4. The van der Waals surface area contributed by atoms with Crippen molar-refractivity contribution in [3.63, 3.8) is 0 Å². The molecule has 6 nitrogen and oxygen atoms in total. The quantitative estimate of drug-likeness (QED) is 0.939. The van der Waals surface area contributed by atoms with Crippen molar-refractivity contribution >= 4 is 15.8 Å². The molecule has 21 heavy (non-hydrogen) atoms. The van der Waals surface area contributed by atoms with Crippen LogP contribution in [-0.4, -0.2) is 20.7 Å². The number of hydrogen-bond acceptors (Lipinski definition) is 5. The van der Waals surface area contributed by atoms with E-state index in [0.717, 1.165) is 5.56 Å². The zero-order valence-electron chi connectivity index (χ0n) is 12.6. The smallest absolute Gasteiger partial charge is 0.263 e. The molecule has 1 aromatic heterocycles. The van der Waals surface area contributed by atoms with Gasteiger partial charge in [-0.05, 0) is 50.5 Å². The van der Waals surface area contributed by atoms with Crippen molar-refractivity contribution in [1.29, 1.82) is 0 Å². The van der Waals surface area contributed by atoms with Crippen LogP contribution in [0.1, 0.15) is 22.5 Å². The molecule has 0 atom stereocenters. The van der Waals surface area contributed by atoms with Gasteiger partial charge in [0.2, 0.25) is 0 Å². The highest BCUT2D eigenvalue weighted by molar-refractivity contribution is 7.92. The normalized spacial score (nSPS) is 11.5. The fourth-order valence-corrected chi connectivity index (χ4v) is 3.76. The Balaban J connectivity index is 2.52. The molecule has 0 aliphatic rings. The van der Waals surface area contributed by atoms with Crippen LogP contribution in [-0.2, 0) is 10.0 Å². The number of methoxy groups -OCH3 is 1. The number of hydrogen-bond donors (Lipinski definition) is 1. The Labute approximate surface area is 124 Å². The minimum atomic E-state index is -3.74. The Morgan fingerprint density at radius 3 is 2.33 bits per heavy atom. The molecule has 1 aromatic carbocycles. The maximum atomic E-state index is 12.6. The van der Waals surface area contributed by atoms with E-state index in [2.05, 4.69) is 9.88 Å². The first-order valence-electron chi connectivity index (χ1n) is 6.37. The number of aromatic nitrogens is 1. The van der Waals surface area contributed by atoms with E-state index in [1.54, 1.807) is 33.9 Å². The minimum absolute atomic E-state index is 0.166. The summed E-state index contributed by atoms with van der Waals surface area (Å²) in [5, 5.41) is 3.65. The summed E-state index contributed by atoms with van der Waals surface area (Å²) in [6.07, 6.45) is 0. The van der Waals surface area contributed by atoms with E-state index < -0.39 is 10.0 Å². The van der Waals surface area contributed by atoms with Crippen LogP contribution >= 0.6 is 0 Å². The standard InChI is InChI=1S/C14H18N2O4S/c1-8-6-12(19-5)10(3)11(4)14(8)21(17,18)16-13-7-9(2)20-15-13/h6-7H,1-5H3,(H,15,16). The van der Waals surface area contributed by atoms with Gasteiger partial charge in [0.1, 0.15) is 11.5 Å². The average molecular weight is 310 g/mol. The zero-order valence-corrected chi connectivity index (χ0v) is 13.5. The molecule has 0 saturated carbocycles. The molecular weight excluding hydrogens is 292 g/mol. The molecular formula is C14H18N2O4S. The molecule has 0 saturated heterocycles. The molecule has 1 N–H and O–H groups in total. The topological polar surface area (TPSA) is 81.4 Å². The second-order valence-corrected chi connectivity index (χ2v) is 6.52. The Bertz CT molecular complexity index is 779. The predicted octanol–water partition coefficient (Wildman–Crippen LogP) is 2.72. The van der Waals surface area contributed by atoms with Crippen LogP contribution in [0.25, 0.3) is 0 Å². The van der Waals surface area contributed by atoms with E-state index >= 15 is 0 Å². The molecule has 2 aromatic rings. The number of sulfonamides is 1. The summed E-state index contributed by atoms with van der Waals surface area (Å²) in [5.41, 5.74) is 2.06. The molecule has 1 heterocycles. The largest absolute Gasteiger partial charge is 0.496 e. The summed E-state index contributed by atoms with van der Waals surface area (Å²) in [5.74, 6) is 1.37. The zero-order chi connectivity index (χ0) is 15.8. The van der Waals surface area contributed by atoms with Gasteiger partial charge in [-0.1, -0.05) is 5.16 Å². The van der Waals surface area contributed by atoms with Crippen LogP contribution in [0.2, 0.25) is 0 Å². The highest BCUT2D eigenvalue weighted by atomic mass is 32.2. The van der Waals surface area contributed by atoms with Gasteiger partial charge in [0, 0.05) is 6.07 Å². The van der Waals surface area contributed by atoms with Crippen molar-refractivity contribution in [3.05, 3.63) is 34.6 Å². The first-order valence-corrected chi connectivity index (χ1v) is 7.85. The lowest BCUT2D eigenvalue weighted by Crippen LogP contribution is -2.16. The number of anilines is 1. The van der Waals surface area contributed by atoms with Crippen LogP contribution in [0, 0.1) is 27.7 Å². The van der Waals surface area contributed by atoms with Gasteiger partial charge in [0.05, 0.1) is 12.0 Å². The van der Waals surface area contributed by atoms with E-state index in [4.69, 9.17) is 9.26 Å². The van der Waals surface area contributed by atoms with Gasteiger partial charge in [0.15, 0.2) is 5.82 Å². The van der Waals surface area contributed by atoms with Gasteiger partial charge in [-0.3, -0.25) is 4.72 Å². The van der Waals surface area contributed by atoms with Crippen molar-refractivity contribution in [2.75, 3.05) is 11.8 Å². The van der Waals surface area contributed by atoms with Crippen LogP contribution in [0.15, 0.2) is 21.6 Å². The lowest BCUT2D eigenvalue weighted by atomic mass is 10.1. The van der Waals surface area contributed by atoms with E-state index in [0.29, 0.717) is 22.6 Å². The highest BCUT2D eigenvalue weighted by Gasteiger charge is 2.23. The minimum Gasteiger partial charge on any atom is -0.496 e. The first-order chi connectivity index (χ1) is 9.76. The van der Waals surface area contributed by atoms with E-state index in [-0.39, 0.29) is 10.7 Å². The Kier molecular flexibility index (Phi) is 3.95. The second kappa shape index (κ2) is 5.40. The molecule has 0 fully saturated rings. The van der Waals surface area contributed by atoms with Crippen LogP contribution in [0.5, 0.6) is 5.75 Å². The summed E-state index contributed by atoms with van der Waals surface area (Å²) < 4.78 is 37.7. The monoisotopic (exact) mass is 310 g/mol. The Morgan fingerprint density at radius 2 is 1.81 bits per heavy atom. The summed E-state index contributed by atoms with van der Waals surface area (Å²) in [6.45, 7) is 7.01. The summed E-state index contributed by atoms with van der Waals surface area (Å²) in [7, 11) is -2.18. The molecule has 114 valence electrons. The van der Waals surface area contributed by atoms with Gasteiger partial charge in [-0.25, -0.2) is 8.42 Å². The number of benzene rings is 1. The number of ether oxygens (including phenoxy) is 1. The van der Waals surface area contributed by atoms with Crippen LogP contribution in [0.3, 0.4) is 0 Å². The van der Waals surface area contributed by atoms with Crippen molar-refractivity contribution in [3.8, 4) is 5.75 Å². The summed E-state index contributed by atoms with van der Waals surface area (Å²) in [4.78, 5) is 0.237. The maximum Gasteiger partial charge on any atom is 0.263 e. The molecule has 0 spiro atoms. The van der Waals surface area contributed by atoms with E-state index in [9.17, 15) is 8.42 Å². The second-order valence-electron chi connectivity index (χ2n) is 4.90. The Morgan fingerprint density at radius 1 is 1.14 bits per heavy atom. The SMILES string of the molecule is COc1cc(C)c(S(=O)(=O)Nc2cc(C)on2)c(C)c1C. The molecule has 0 amide bonds. The van der Waals surface area contributed by atoms with Crippen molar-refractivity contribution in [2.45, 2.75) is 32.6 Å². The fourth-order valence-electron chi connectivity index (χ4n) is 2.25. The van der Waals surface area contributed by atoms with Crippen molar-refractivity contribution < 1.29 is 17.7 Å². The van der Waals surface area contributed by atoms with Crippen LogP contribution < -0.4 is 9.46 Å². The molecule has 7 heteroatoms. The van der Waals surface area contributed by atoms with Gasteiger partial charge >= 0.3 is 0 Å². The molecule has 0 radical (unpaired) electrons. The van der Waals surface area contributed by atoms with E-state index in [1.807, 2.05) is 6.92 Å². The molecule has 0 aliphatic heterocycles. The van der Waals surface area contributed by atoms with Gasteiger partial charge in [-0.15, -0.1) is 0 Å². The predicted molar refractivity (Wildman–Crippen MR) is 79.3 cm³/mol. The molecule has 0 unspecified atom stereocenters. The Hall–Kier alpha value is -2.02. The number of rotatable bonds is 4. The van der Waals surface area contributed by atoms with Gasteiger partial charge in [-0.2, -0.15) is 0 Å². The van der Waals surface area contributed by atoms with Gasteiger partial charge < -0.3 is 9.26 Å². The number of aryl methyl sites for hydroxylation is 2. The van der Waals surface area contributed by atoms with Crippen molar-refractivity contribution in [1.82, 2.24) is 5.16 Å². The van der Waals surface area contributed by atoms with E-state index in [1.165, 1.54) is 6.07 Å². The highest BCUT2D eigenvalue weighted by Crippen LogP contribution is 2.31. The van der Waals surface area contributed by atoms with Crippen LogP contribution in [0.4, 0.5) is 5.82 Å².